The molecule has 20 heavy (non-hydrogen) atoms. The molecular weight excluding hydrogens is 274 g/mol. The molecule has 2 aromatic rings. The molecule has 0 aromatic carbocycles. The number of anilines is 1. The molecule has 3 N–H and O–H groups in total. The van der Waals surface area contributed by atoms with Crippen LogP contribution in [0.2, 0.25) is 0 Å². The van der Waals surface area contributed by atoms with Gasteiger partial charge in [0.25, 0.3) is 5.91 Å². The summed E-state index contributed by atoms with van der Waals surface area (Å²) in [6.45, 7) is 0.545. The Kier molecular flexibility index (Phi) is 3.54. The third-order valence-electron chi connectivity index (χ3n) is 3.44. The third-order valence-corrected chi connectivity index (χ3v) is 4.35. The molecule has 2 heterocycles. The Hall–Kier alpha value is -1.73. The summed E-state index contributed by atoms with van der Waals surface area (Å²) < 4.78 is 1.74. The normalized spacial score (nSPS) is 13.5. The molecular formula is C13H17N5OS. The second-order valence-electron chi connectivity index (χ2n) is 4.87. The van der Waals surface area contributed by atoms with Crippen molar-refractivity contribution in [1.29, 1.82) is 0 Å². The highest BCUT2D eigenvalue weighted by Crippen LogP contribution is 2.28. The summed E-state index contributed by atoms with van der Waals surface area (Å²) in [5, 5.41) is 10.0. The number of nitrogens with one attached hydrogen (secondary N) is 1. The fourth-order valence-electron chi connectivity index (χ4n) is 2.50. The maximum atomic E-state index is 12.2. The number of carbonyl (C=O) groups excluding carboxylic acids is 1. The van der Waals surface area contributed by atoms with E-state index in [0.29, 0.717) is 18.7 Å². The maximum Gasteiger partial charge on any atom is 0.276 e. The van der Waals surface area contributed by atoms with E-state index >= 15 is 0 Å². The minimum absolute atomic E-state index is 0.178. The molecule has 3 rings (SSSR count). The molecule has 1 amide bonds. The zero-order valence-electron chi connectivity index (χ0n) is 11.3. The summed E-state index contributed by atoms with van der Waals surface area (Å²) >= 11 is 1.47. The van der Waals surface area contributed by atoms with E-state index in [1.807, 2.05) is 7.05 Å². The molecule has 6 nitrogen and oxygen atoms in total. The number of hydrogen-bond acceptors (Lipinski definition) is 5. The molecule has 0 bridgehead atoms. The monoisotopic (exact) mass is 291 g/mol. The number of aromatic nitrogens is 3. The van der Waals surface area contributed by atoms with E-state index in [4.69, 9.17) is 5.73 Å². The number of aryl methyl sites for hydroxylation is 2. The van der Waals surface area contributed by atoms with Crippen LogP contribution in [0.15, 0.2) is 5.38 Å². The predicted molar refractivity (Wildman–Crippen MR) is 78.1 cm³/mol. The highest BCUT2D eigenvalue weighted by atomic mass is 32.1. The van der Waals surface area contributed by atoms with Crippen molar-refractivity contribution >= 4 is 23.1 Å². The Bertz CT molecular complexity index is 645. The molecule has 0 unspecified atom stereocenters. The highest BCUT2D eigenvalue weighted by molar-refractivity contribution is 7.09. The lowest BCUT2D eigenvalue weighted by Gasteiger charge is -2.05. The van der Waals surface area contributed by atoms with Crippen molar-refractivity contribution in [3.8, 4) is 0 Å². The van der Waals surface area contributed by atoms with Crippen molar-refractivity contribution in [3.63, 3.8) is 0 Å². The van der Waals surface area contributed by atoms with Crippen molar-refractivity contribution in [2.24, 2.45) is 12.8 Å². The van der Waals surface area contributed by atoms with Gasteiger partial charge in [-0.1, -0.05) is 0 Å². The molecule has 106 valence electrons. The summed E-state index contributed by atoms with van der Waals surface area (Å²) in [4.78, 5) is 16.5. The first-order valence-electron chi connectivity index (χ1n) is 6.69. The third kappa shape index (κ3) is 2.34. The summed E-state index contributed by atoms with van der Waals surface area (Å²) in [5.74, 6) is 0.623. The van der Waals surface area contributed by atoms with Gasteiger partial charge in [0.1, 0.15) is 11.5 Å². The lowest BCUT2D eigenvalue weighted by molar-refractivity contribution is 0.102. The van der Waals surface area contributed by atoms with Gasteiger partial charge in [-0.25, -0.2) is 4.98 Å². The van der Waals surface area contributed by atoms with Crippen LogP contribution in [-0.4, -0.2) is 27.2 Å². The van der Waals surface area contributed by atoms with Gasteiger partial charge in [0.05, 0.1) is 10.7 Å². The van der Waals surface area contributed by atoms with Crippen LogP contribution in [0.3, 0.4) is 0 Å². The van der Waals surface area contributed by atoms with Crippen molar-refractivity contribution < 1.29 is 4.79 Å². The van der Waals surface area contributed by atoms with Crippen LogP contribution in [0.5, 0.6) is 0 Å². The summed E-state index contributed by atoms with van der Waals surface area (Å²) in [6.07, 6.45) is 3.79. The minimum atomic E-state index is -0.178. The van der Waals surface area contributed by atoms with E-state index in [1.165, 1.54) is 16.9 Å². The molecule has 0 atom stereocenters. The predicted octanol–water partition coefficient (Wildman–Crippen LogP) is 1.12. The van der Waals surface area contributed by atoms with Crippen molar-refractivity contribution in [2.75, 3.05) is 11.9 Å². The second kappa shape index (κ2) is 5.34. The molecule has 1 aliphatic carbocycles. The molecule has 0 spiro atoms. The summed E-state index contributed by atoms with van der Waals surface area (Å²) in [5.41, 5.74) is 8.21. The number of nitrogens with two attached hydrogens (primary N) is 1. The number of amides is 1. The molecule has 0 radical (unpaired) electrons. The lowest BCUT2D eigenvalue weighted by atomic mass is 10.2. The first-order chi connectivity index (χ1) is 9.69. The smallest absolute Gasteiger partial charge is 0.276 e. The van der Waals surface area contributed by atoms with Crippen molar-refractivity contribution in [2.45, 2.75) is 25.7 Å². The number of fused-ring (bicyclic) bond motifs is 1. The Labute approximate surface area is 121 Å². The minimum Gasteiger partial charge on any atom is -0.330 e. The highest BCUT2D eigenvalue weighted by Gasteiger charge is 2.23. The van der Waals surface area contributed by atoms with Crippen molar-refractivity contribution in [3.05, 3.63) is 27.3 Å². The second-order valence-corrected chi connectivity index (χ2v) is 5.81. The standard InChI is InChI=1S/C13H17N5OS/c1-18-12(8-3-2-4-9(8)17-18)16-13(19)10-7-20-11(15-10)5-6-14/h7H,2-6,14H2,1H3,(H,16,19). The molecule has 7 heteroatoms. The van der Waals surface area contributed by atoms with Gasteiger partial charge < -0.3 is 11.1 Å². The van der Waals surface area contributed by atoms with Crippen LogP contribution in [-0.2, 0) is 26.3 Å². The first-order valence-corrected chi connectivity index (χ1v) is 7.57. The Morgan fingerprint density at radius 1 is 1.55 bits per heavy atom. The topological polar surface area (TPSA) is 85.8 Å². The number of carbonyl (C=O) groups is 1. The Morgan fingerprint density at radius 2 is 2.40 bits per heavy atom. The largest absolute Gasteiger partial charge is 0.330 e. The SMILES string of the molecule is Cn1nc2c(c1NC(=O)c1csc(CCN)n1)CCC2. The zero-order valence-corrected chi connectivity index (χ0v) is 12.2. The van der Waals surface area contributed by atoms with Crippen molar-refractivity contribution in [1.82, 2.24) is 14.8 Å². The van der Waals surface area contributed by atoms with E-state index < -0.39 is 0 Å². The van der Waals surface area contributed by atoms with Gasteiger partial charge >= 0.3 is 0 Å². The first kappa shape index (κ1) is 13.3. The number of rotatable bonds is 4. The van der Waals surface area contributed by atoms with E-state index in [0.717, 1.165) is 35.8 Å². The van der Waals surface area contributed by atoms with Gasteiger partial charge in [-0.3, -0.25) is 9.48 Å². The van der Waals surface area contributed by atoms with Gasteiger partial charge in [0, 0.05) is 24.4 Å². The molecule has 1 aliphatic rings. The summed E-state index contributed by atoms with van der Waals surface area (Å²) in [6, 6.07) is 0. The van der Waals surface area contributed by atoms with E-state index in [-0.39, 0.29) is 5.91 Å². The summed E-state index contributed by atoms with van der Waals surface area (Å²) in [7, 11) is 1.86. The van der Waals surface area contributed by atoms with Crippen LogP contribution in [0.25, 0.3) is 0 Å². The van der Waals surface area contributed by atoms with Gasteiger partial charge in [0.15, 0.2) is 0 Å². The zero-order chi connectivity index (χ0) is 14.1. The van der Waals surface area contributed by atoms with Crippen LogP contribution < -0.4 is 11.1 Å². The van der Waals surface area contributed by atoms with Crippen LogP contribution in [0.4, 0.5) is 5.82 Å². The maximum absolute atomic E-state index is 12.2. The van der Waals surface area contributed by atoms with Crippen LogP contribution in [0.1, 0.15) is 33.2 Å². The van der Waals surface area contributed by atoms with Crippen LogP contribution >= 0.6 is 11.3 Å². The fourth-order valence-corrected chi connectivity index (χ4v) is 3.30. The molecule has 0 fully saturated rings. The Morgan fingerprint density at radius 3 is 3.20 bits per heavy atom. The number of thiazole rings is 1. The van der Waals surface area contributed by atoms with E-state index in [2.05, 4.69) is 15.4 Å². The molecule has 0 saturated heterocycles. The quantitative estimate of drug-likeness (QED) is 0.884. The van der Waals surface area contributed by atoms with Gasteiger partial charge in [-0.2, -0.15) is 5.10 Å². The number of hydrogen-bond donors (Lipinski definition) is 2. The van der Waals surface area contributed by atoms with Gasteiger partial charge in [-0.05, 0) is 25.8 Å². The average Bonchev–Trinajstić information content (AvgIpc) is 3.09. The molecule has 0 saturated carbocycles. The van der Waals surface area contributed by atoms with Gasteiger partial charge in [-0.15, -0.1) is 11.3 Å². The van der Waals surface area contributed by atoms with E-state index in [1.54, 1.807) is 10.1 Å². The molecule has 2 aromatic heterocycles. The van der Waals surface area contributed by atoms with Gasteiger partial charge in [0.2, 0.25) is 0 Å². The molecule has 0 aliphatic heterocycles. The fraction of sp³-hybridized carbons (Fsp3) is 0.462. The number of nitrogens with zero attached hydrogens (tertiary/aromatic N) is 3. The van der Waals surface area contributed by atoms with Crippen LogP contribution in [0, 0.1) is 0 Å². The van der Waals surface area contributed by atoms with E-state index in [9.17, 15) is 4.79 Å². The lowest BCUT2D eigenvalue weighted by Crippen LogP contribution is -2.16. The average molecular weight is 291 g/mol. The Balaban J connectivity index is 1.78.